The van der Waals surface area contributed by atoms with Crippen LogP contribution in [-0.4, -0.2) is 38.3 Å². The molecule has 0 aliphatic carbocycles. The molecule has 1 aromatic carbocycles. The quantitative estimate of drug-likeness (QED) is 0.842. The van der Waals surface area contributed by atoms with E-state index in [1.165, 1.54) is 18.4 Å². The molecule has 0 saturated carbocycles. The smallest absolute Gasteiger partial charge is 0.307 e. The van der Waals surface area contributed by atoms with Crippen molar-refractivity contribution in [3.05, 3.63) is 29.8 Å². The van der Waals surface area contributed by atoms with Gasteiger partial charge in [0.1, 0.15) is 0 Å². The molecule has 1 saturated heterocycles. The van der Waals surface area contributed by atoms with Gasteiger partial charge in [0, 0.05) is 30.9 Å². The maximum absolute atomic E-state index is 11.4. The van der Waals surface area contributed by atoms with Crippen LogP contribution in [0.3, 0.4) is 0 Å². The lowest BCUT2D eigenvalue weighted by Gasteiger charge is -2.40. The zero-order valence-corrected chi connectivity index (χ0v) is 11.8. The van der Waals surface area contributed by atoms with E-state index in [4.69, 9.17) is 4.74 Å². The third-order valence-electron chi connectivity index (χ3n) is 3.66. The van der Waals surface area contributed by atoms with Gasteiger partial charge < -0.3 is 15.0 Å². The lowest BCUT2D eigenvalue weighted by molar-refractivity contribution is -0.141. The topological polar surface area (TPSA) is 41.6 Å². The number of methoxy groups -OCH3 is 1. The number of hydrogen-bond acceptors (Lipinski definition) is 4. The molecule has 1 aliphatic rings. The molecule has 0 spiro atoms. The number of benzene rings is 1. The van der Waals surface area contributed by atoms with Crippen LogP contribution in [0.15, 0.2) is 24.3 Å². The summed E-state index contributed by atoms with van der Waals surface area (Å²) >= 11 is 0. The Morgan fingerprint density at radius 1 is 1.42 bits per heavy atom. The van der Waals surface area contributed by atoms with Crippen molar-refractivity contribution in [2.45, 2.75) is 32.4 Å². The summed E-state index contributed by atoms with van der Waals surface area (Å²) in [6, 6.07) is 9.12. The van der Waals surface area contributed by atoms with E-state index in [2.05, 4.69) is 48.3 Å². The Morgan fingerprint density at radius 3 is 2.74 bits per heavy atom. The van der Waals surface area contributed by atoms with E-state index in [9.17, 15) is 4.79 Å². The van der Waals surface area contributed by atoms with E-state index in [-0.39, 0.29) is 12.0 Å². The van der Waals surface area contributed by atoms with E-state index in [1.807, 2.05) is 0 Å². The lowest BCUT2D eigenvalue weighted by Crippen LogP contribution is -2.56. The number of esters is 1. The summed E-state index contributed by atoms with van der Waals surface area (Å²) in [6.45, 7) is 6.00. The molecule has 2 rings (SSSR count). The fourth-order valence-electron chi connectivity index (χ4n) is 2.45. The number of aryl methyl sites for hydroxylation is 1. The normalized spacial score (nSPS) is 23.2. The minimum Gasteiger partial charge on any atom is -0.469 e. The van der Waals surface area contributed by atoms with Crippen molar-refractivity contribution in [1.29, 1.82) is 0 Å². The van der Waals surface area contributed by atoms with Gasteiger partial charge in [-0.25, -0.2) is 0 Å². The van der Waals surface area contributed by atoms with Crippen molar-refractivity contribution >= 4 is 11.7 Å². The van der Waals surface area contributed by atoms with Crippen LogP contribution < -0.4 is 10.2 Å². The van der Waals surface area contributed by atoms with Crippen LogP contribution in [-0.2, 0) is 9.53 Å². The first-order chi connectivity index (χ1) is 9.10. The van der Waals surface area contributed by atoms with Crippen molar-refractivity contribution in [2.24, 2.45) is 0 Å². The summed E-state index contributed by atoms with van der Waals surface area (Å²) < 4.78 is 4.74. The Labute approximate surface area is 114 Å². The van der Waals surface area contributed by atoms with Gasteiger partial charge in [-0.15, -0.1) is 0 Å². The van der Waals surface area contributed by atoms with Gasteiger partial charge in [0.25, 0.3) is 0 Å². The molecule has 2 atom stereocenters. The molecule has 4 nitrogen and oxygen atoms in total. The summed E-state index contributed by atoms with van der Waals surface area (Å²) in [7, 11) is 1.44. The van der Waals surface area contributed by atoms with Crippen LogP contribution in [0.2, 0.25) is 0 Å². The standard InChI is InChI=1S/C15H22N2O2/c1-11-4-6-14(7-5-11)17-10-13(8-15(18)19-3)16-9-12(17)2/h4-7,12-13,16H,8-10H2,1-3H3. The van der Waals surface area contributed by atoms with E-state index < -0.39 is 0 Å². The molecule has 1 heterocycles. The highest BCUT2D eigenvalue weighted by atomic mass is 16.5. The highest BCUT2D eigenvalue weighted by Crippen LogP contribution is 2.21. The van der Waals surface area contributed by atoms with Gasteiger partial charge in [-0.05, 0) is 26.0 Å². The Kier molecular flexibility index (Phi) is 4.43. The second-order valence-corrected chi connectivity index (χ2v) is 5.22. The van der Waals surface area contributed by atoms with Gasteiger partial charge in [0.15, 0.2) is 0 Å². The van der Waals surface area contributed by atoms with Gasteiger partial charge in [-0.3, -0.25) is 4.79 Å². The molecule has 1 aromatic rings. The summed E-state index contributed by atoms with van der Waals surface area (Å²) in [5, 5.41) is 3.40. The number of anilines is 1. The average Bonchev–Trinajstić information content (AvgIpc) is 2.42. The van der Waals surface area contributed by atoms with Crippen molar-refractivity contribution in [2.75, 3.05) is 25.1 Å². The molecule has 1 fully saturated rings. The summed E-state index contributed by atoms with van der Waals surface area (Å²) in [5.41, 5.74) is 2.48. The number of ether oxygens (including phenoxy) is 1. The van der Waals surface area contributed by atoms with E-state index in [0.717, 1.165) is 13.1 Å². The molecule has 104 valence electrons. The van der Waals surface area contributed by atoms with Gasteiger partial charge in [0.2, 0.25) is 0 Å². The molecular weight excluding hydrogens is 240 g/mol. The van der Waals surface area contributed by atoms with Gasteiger partial charge in [-0.2, -0.15) is 0 Å². The van der Waals surface area contributed by atoms with Crippen LogP contribution >= 0.6 is 0 Å². The molecular formula is C15H22N2O2. The number of carbonyl (C=O) groups is 1. The minimum atomic E-state index is -0.157. The first-order valence-corrected chi connectivity index (χ1v) is 6.73. The zero-order chi connectivity index (χ0) is 13.8. The minimum absolute atomic E-state index is 0.157. The van der Waals surface area contributed by atoms with E-state index >= 15 is 0 Å². The fourth-order valence-corrected chi connectivity index (χ4v) is 2.45. The molecule has 0 radical (unpaired) electrons. The number of hydrogen-bond donors (Lipinski definition) is 1. The molecule has 0 bridgehead atoms. The second kappa shape index (κ2) is 6.06. The van der Waals surface area contributed by atoms with Crippen molar-refractivity contribution in [1.82, 2.24) is 5.32 Å². The SMILES string of the molecule is COC(=O)CC1CN(c2ccc(C)cc2)C(C)CN1. The predicted octanol–water partition coefficient (Wildman–Crippen LogP) is 1.72. The van der Waals surface area contributed by atoms with Gasteiger partial charge in [0.05, 0.1) is 13.5 Å². The molecule has 0 aromatic heterocycles. The number of rotatable bonds is 3. The number of nitrogens with zero attached hydrogens (tertiary/aromatic N) is 1. The van der Waals surface area contributed by atoms with Crippen LogP contribution in [0.5, 0.6) is 0 Å². The number of carbonyl (C=O) groups excluding carboxylic acids is 1. The third-order valence-corrected chi connectivity index (χ3v) is 3.66. The van der Waals surface area contributed by atoms with Crippen LogP contribution in [0.25, 0.3) is 0 Å². The summed E-state index contributed by atoms with van der Waals surface area (Å²) in [6.07, 6.45) is 0.422. The second-order valence-electron chi connectivity index (χ2n) is 5.22. The largest absolute Gasteiger partial charge is 0.469 e. The van der Waals surface area contributed by atoms with Gasteiger partial charge in [-0.1, -0.05) is 17.7 Å². The lowest BCUT2D eigenvalue weighted by atomic mass is 10.1. The highest BCUT2D eigenvalue weighted by molar-refractivity contribution is 5.70. The number of nitrogens with one attached hydrogen (secondary N) is 1. The first-order valence-electron chi connectivity index (χ1n) is 6.73. The number of piperazine rings is 1. The van der Waals surface area contributed by atoms with Gasteiger partial charge >= 0.3 is 5.97 Å². The van der Waals surface area contributed by atoms with E-state index in [0.29, 0.717) is 12.5 Å². The Balaban J connectivity index is 2.06. The Morgan fingerprint density at radius 2 is 2.11 bits per heavy atom. The third kappa shape index (κ3) is 3.47. The molecule has 2 unspecified atom stereocenters. The van der Waals surface area contributed by atoms with Crippen molar-refractivity contribution in [3.63, 3.8) is 0 Å². The van der Waals surface area contributed by atoms with Crippen molar-refractivity contribution in [3.8, 4) is 0 Å². The zero-order valence-electron chi connectivity index (χ0n) is 11.8. The average molecular weight is 262 g/mol. The molecule has 4 heteroatoms. The first kappa shape index (κ1) is 13.9. The predicted molar refractivity (Wildman–Crippen MR) is 76.4 cm³/mol. The highest BCUT2D eigenvalue weighted by Gasteiger charge is 2.26. The maximum atomic E-state index is 11.4. The fraction of sp³-hybridized carbons (Fsp3) is 0.533. The molecule has 1 aliphatic heterocycles. The molecule has 0 amide bonds. The van der Waals surface area contributed by atoms with E-state index in [1.54, 1.807) is 0 Å². The summed E-state index contributed by atoms with van der Waals surface area (Å²) in [5.74, 6) is -0.157. The summed E-state index contributed by atoms with van der Waals surface area (Å²) in [4.78, 5) is 13.7. The Bertz CT molecular complexity index is 430. The maximum Gasteiger partial charge on any atom is 0.307 e. The van der Waals surface area contributed by atoms with Crippen LogP contribution in [0.1, 0.15) is 18.9 Å². The molecule has 19 heavy (non-hydrogen) atoms. The molecule has 1 N–H and O–H groups in total. The Hall–Kier alpha value is -1.55. The van der Waals surface area contributed by atoms with Crippen LogP contribution in [0, 0.1) is 6.92 Å². The van der Waals surface area contributed by atoms with Crippen LogP contribution in [0.4, 0.5) is 5.69 Å². The monoisotopic (exact) mass is 262 g/mol. The van der Waals surface area contributed by atoms with Crippen molar-refractivity contribution < 1.29 is 9.53 Å².